The first-order valence-corrected chi connectivity index (χ1v) is 8.89. The number of halogens is 3. The van der Waals surface area contributed by atoms with Crippen molar-refractivity contribution in [1.82, 2.24) is 9.78 Å². The second kappa shape index (κ2) is 8.78. The summed E-state index contributed by atoms with van der Waals surface area (Å²) >= 11 is 0. The number of rotatable bonds is 6. The maximum Gasteiger partial charge on any atom is 0.298 e. The molecule has 0 fully saturated rings. The Bertz CT molecular complexity index is 1230. The number of nitro groups is 1. The van der Waals surface area contributed by atoms with Gasteiger partial charge >= 0.3 is 0 Å². The van der Waals surface area contributed by atoms with E-state index < -0.39 is 51.8 Å². The number of hydrogen-bond acceptors (Lipinski definition) is 5. The Labute approximate surface area is 173 Å². The minimum absolute atomic E-state index is 0.155. The summed E-state index contributed by atoms with van der Waals surface area (Å²) < 4.78 is 41.1. The van der Waals surface area contributed by atoms with Crippen molar-refractivity contribution in [2.45, 2.75) is 19.9 Å². The molecule has 0 unspecified atom stereocenters. The summed E-state index contributed by atoms with van der Waals surface area (Å²) in [6.45, 7) is 0.928. The minimum Gasteiger partial charge on any atom is -0.316 e. The van der Waals surface area contributed by atoms with Crippen LogP contribution in [0.3, 0.4) is 0 Å². The van der Waals surface area contributed by atoms with Gasteiger partial charge < -0.3 is 5.32 Å². The molecule has 0 spiro atoms. The summed E-state index contributed by atoms with van der Waals surface area (Å²) in [5.74, 6) is -3.90. The van der Waals surface area contributed by atoms with Crippen molar-refractivity contribution in [3.05, 3.63) is 97.2 Å². The minimum atomic E-state index is -1.33. The fraction of sp³-hybridized carbons (Fsp3) is 0.150. The molecule has 0 radical (unpaired) electrons. The summed E-state index contributed by atoms with van der Waals surface area (Å²) in [4.78, 5) is 35.0. The molecule has 2 aromatic carbocycles. The van der Waals surface area contributed by atoms with Crippen LogP contribution in [0, 0.1) is 34.5 Å². The molecule has 1 aromatic heterocycles. The highest BCUT2D eigenvalue weighted by Crippen LogP contribution is 2.28. The number of amides is 1. The Morgan fingerprint density at radius 3 is 2.45 bits per heavy atom. The number of nitro benzene ring substituents is 1. The molecule has 0 atom stereocenters. The predicted molar refractivity (Wildman–Crippen MR) is 104 cm³/mol. The highest BCUT2D eigenvalue weighted by Gasteiger charge is 2.23. The van der Waals surface area contributed by atoms with Crippen LogP contribution < -0.4 is 10.9 Å². The average Bonchev–Trinajstić information content (AvgIpc) is 2.69. The van der Waals surface area contributed by atoms with Crippen LogP contribution in [0.4, 0.5) is 24.5 Å². The molecule has 3 rings (SSSR count). The zero-order valence-corrected chi connectivity index (χ0v) is 16.1. The second-order valence-electron chi connectivity index (χ2n) is 6.66. The molecule has 0 saturated carbocycles. The first kappa shape index (κ1) is 21.7. The number of aryl methyl sites for hydroxylation is 1. The fourth-order valence-electron chi connectivity index (χ4n) is 2.94. The number of nitrogens with zero attached hydrogens (tertiary/aromatic N) is 3. The van der Waals surface area contributed by atoms with Crippen molar-refractivity contribution in [2.24, 2.45) is 0 Å². The molecule has 0 bridgehead atoms. The van der Waals surface area contributed by atoms with E-state index in [0.717, 1.165) is 4.68 Å². The molecule has 1 heterocycles. The van der Waals surface area contributed by atoms with E-state index in [1.165, 1.54) is 30.3 Å². The highest BCUT2D eigenvalue weighted by molar-refractivity contribution is 5.93. The molecule has 0 aliphatic heterocycles. The summed E-state index contributed by atoms with van der Waals surface area (Å²) in [6, 6.07) is 7.90. The average molecular weight is 432 g/mol. The van der Waals surface area contributed by atoms with Crippen LogP contribution in [-0.2, 0) is 17.8 Å². The lowest BCUT2D eigenvalue weighted by Gasteiger charge is -2.11. The van der Waals surface area contributed by atoms with Gasteiger partial charge in [0.25, 0.3) is 11.2 Å². The molecular formula is C20H15F3N4O4. The first-order chi connectivity index (χ1) is 14.6. The maximum absolute atomic E-state index is 14.0. The van der Waals surface area contributed by atoms with Gasteiger partial charge in [-0.05, 0) is 30.7 Å². The van der Waals surface area contributed by atoms with E-state index in [9.17, 15) is 32.9 Å². The van der Waals surface area contributed by atoms with Crippen molar-refractivity contribution in [3.63, 3.8) is 0 Å². The molecule has 1 amide bonds. The number of carbonyl (C=O) groups is 1. The van der Waals surface area contributed by atoms with E-state index in [1.807, 2.05) is 5.32 Å². The topological polar surface area (TPSA) is 107 Å². The molecule has 11 heteroatoms. The summed E-state index contributed by atoms with van der Waals surface area (Å²) in [5.41, 5.74) is -1.05. The largest absolute Gasteiger partial charge is 0.316 e. The molecule has 0 aliphatic carbocycles. The van der Waals surface area contributed by atoms with Crippen molar-refractivity contribution < 1.29 is 22.9 Å². The van der Waals surface area contributed by atoms with Crippen LogP contribution in [0.2, 0.25) is 0 Å². The fourth-order valence-corrected chi connectivity index (χ4v) is 2.94. The highest BCUT2D eigenvalue weighted by atomic mass is 19.1. The summed E-state index contributed by atoms with van der Waals surface area (Å²) in [5, 5.41) is 17.0. The third kappa shape index (κ3) is 5.13. The second-order valence-corrected chi connectivity index (χ2v) is 6.66. The van der Waals surface area contributed by atoms with Gasteiger partial charge in [-0.2, -0.15) is 5.10 Å². The number of nitrogens with one attached hydrogen (secondary N) is 1. The number of hydrogen-bond donors (Lipinski definition) is 1. The standard InChI is InChI=1S/C20H15F3N4O4/c1-11-6-13(7-12-2-4-14(21)5-3-12)20(29)26(25-11)10-18(28)24-19-16(23)8-15(22)9-17(19)27(30)31/h2-6,8-9H,7,10H2,1H3,(H,24,28). The quantitative estimate of drug-likeness (QED) is 0.476. The van der Waals surface area contributed by atoms with E-state index in [4.69, 9.17) is 0 Å². The van der Waals surface area contributed by atoms with E-state index >= 15 is 0 Å². The molecule has 1 N–H and O–H groups in total. The summed E-state index contributed by atoms with van der Waals surface area (Å²) in [7, 11) is 0. The van der Waals surface area contributed by atoms with Crippen LogP contribution in [0.1, 0.15) is 16.8 Å². The van der Waals surface area contributed by atoms with E-state index in [-0.39, 0.29) is 12.0 Å². The van der Waals surface area contributed by atoms with Gasteiger partial charge in [-0.15, -0.1) is 0 Å². The van der Waals surface area contributed by atoms with Crippen LogP contribution in [0.5, 0.6) is 0 Å². The Morgan fingerprint density at radius 1 is 1.13 bits per heavy atom. The lowest BCUT2D eigenvalue weighted by Crippen LogP contribution is -2.32. The zero-order chi connectivity index (χ0) is 22.7. The Morgan fingerprint density at radius 2 is 1.81 bits per heavy atom. The van der Waals surface area contributed by atoms with E-state index in [2.05, 4.69) is 5.10 Å². The molecular weight excluding hydrogens is 417 g/mol. The Balaban J connectivity index is 1.86. The third-order valence-electron chi connectivity index (χ3n) is 4.27. The number of benzene rings is 2. The summed E-state index contributed by atoms with van der Waals surface area (Å²) in [6.07, 6.45) is 0.155. The monoisotopic (exact) mass is 432 g/mol. The van der Waals surface area contributed by atoms with E-state index in [0.29, 0.717) is 23.4 Å². The molecule has 0 aliphatic rings. The Kier molecular flexibility index (Phi) is 6.14. The third-order valence-corrected chi connectivity index (χ3v) is 4.27. The van der Waals surface area contributed by atoms with Gasteiger partial charge in [0.2, 0.25) is 5.91 Å². The van der Waals surface area contributed by atoms with Crippen LogP contribution in [0.15, 0.2) is 47.3 Å². The van der Waals surface area contributed by atoms with E-state index in [1.54, 1.807) is 6.92 Å². The number of carbonyl (C=O) groups excluding carboxylic acids is 1. The molecule has 8 nitrogen and oxygen atoms in total. The molecule has 0 saturated heterocycles. The molecule has 3 aromatic rings. The van der Waals surface area contributed by atoms with Gasteiger partial charge in [-0.1, -0.05) is 12.1 Å². The zero-order valence-electron chi connectivity index (χ0n) is 16.1. The first-order valence-electron chi connectivity index (χ1n) is 8.89. The van der Waals surface area contributed by atoms with Crippen LogP contribution >= 0.6 is 0 Å². The van der Waals surface area contributed by atoms with Crippen molar-refractivity contribution in [1.29, 1.82) is 0 Å². The Hall–Kier alpha value is -4.02. The van der Waals surface area contributed by atoms with Gasteiger partial charge in [-0.25, -0.2) is 17.9 Å². The lowest BCUT2D eigenvalue weighted by atomic mass is 10.1. The van der Waals surface area contributed by atoms with Crippen LogP contribution in [-0.4, -0.2) is 20.6 Å². The van der Waals surface area contributed by atoms with Crippen LogP contribution in [0.25, 0.3) is 0 Å². The normalized spacial score (nSPS) is 10.7. The van der Waals surface area contributed by atoms with Crippen molar-refractivity contribution in [2.75, 3.05) is 5.32 Å². The van der Waals surface area contributed by atoms with Gasteiger partial charge in [0, 0.05) is 18.1 Å². The number of anilines is 1. The molecule has 160 valence electrons. The molecule has 31 heavy (non-hydrogen) atoms. The number of aromatic nitrogens is 2. The van der Waals surface area contributed by atoms with Gasteiger partial charge in [0.15, 0.2) is 11.5 Å². The van der Waals surface area contributed by atoms with Gasteiger partial charge in [0.1, 0.15) is 18.2 Å². The smallest absolute Gasteiger partial charge is 0.298 e. The van der Waals surface area contributed by atoms with Gasteiger partial charge in [-0.3, -0.25) is 19.7 Å². The SMILES string of the molecule is Cc1cc(Cc2ccc(F)cc2)c(=O)n(CC(=O)Nc2c(F)cc(F)cc2[N+](=O)[O-])n1. The lowest BCUT2D eigenvalue weighted by molar-refractivity contribution is -0.384. The van der Waals surface area contributed by atoms with Gasteiger partial charge in [0.05, 0.1) is 16.7 Å². The van der Waals surface area contributed by atoms with Crippen molar-refractivity contribution >= 4 is 17.3 Å². The predicted octanol–water partition coefficient (Wildman–Crippen LogP) is 3.11. The van der Waals surface area contributed by atoms with Crippen molar-refractivity contribution in [3.8, 4) is 0 Å². The maximum atomic E-state index is 14.0.